The lowest BCUT2D eigenvalue weighted by molar-refractivity contribution is -0.119. The summed E-state index contributed by atoms with van der Waals surface area (Å²) in [6.45, 7) is 12.2. The molecule has 0 aliphatic carbocycles. The van der Waals surface area contributed by atoms with Crippen molar-refractivity contribution in [1.82, 2.24) is 16.0 Å². The van der Waals surface area contributed by atoms with Crippen molar-refractivity contribution >= 4 is 35.8 Å². The number of carbonyl (C=O) groups excluding carboxylic acids is 1. The molecule has 1 rings (SSSR count). The van der Waals surface area contributed by atoms with E-state index in [4.69, 9.17) is 9.47 Å². The van der Waals surface area contributed by atoms with Gasteiger partial charge in [-0.05, 0) is 25.2 Å². The van der Waals surface area contributed by atoms with Gasteiger partial charge in [-0.15, -0.1) is 24.0 Å². The first-order chi connectivity index (χ1) is 11.9. The molecule has 0 aromatic carbocycles. The van der Waals surface area contributed by atoms with E-state index >= 15 is 0 Å². The zero-order valence-electron chi connectivity index (χ0n) is 16.9. The van der Waals surface area contributed by atoms with E-state index in [-0.39, 0.29) is 47.9 Å². The predicted octanol–water partition coefficient (Wildman–Crippen LogP) is 1.76. The van der Waals surface area contributed by atoms with Gasteiger partial charge in [0.1, 0.15) is 6.54 Å². The first-order valence-electron chi connectivity index (χ1n) is 9.28. The van der Waals surface area contributed by atoms with E-state index < -0.39 is 0 Å². The molecular weight excluding hydrogens is 447 g/mol. The lowest BCUT2D eigenvalue weighted by atomic mass is 9.78. The van der Waals surface area contributed by atoms with Crippen LogP contribution in [0.4, 0.5) is 0 Å². The van der Waals surface area contributed by atoms with Crippen LogP contribution in [0.5, 0.6) is 0 Å². The maximum atomic E-state index is 11.8. The summed E-state index contributed by atoms with van der Waals surface area (Å²) in [6, 6.07) is 0. The van der Waals surface area contributed by atoms with Gasteiger partial charge in [-0.1, -0.05) is 20.8 Å². The van der Waals surface area contributed by atoms with Crippen molar-refractivity contribution in [2.75, 3.05) is 46.5 Å². The number of rotatable bonds is 8. The van der Waals surface area contributed by atoms with Crippen molar-refractivity contribution in [3.05, 3.63) is 0 Å². The van der Waals surface area contributed by atoms with E-state index in [1.54, 1.807) is 7.11 Å². The summed E-state index contributed by atoms with van der Waals surface area (Å²) < 4.78 is 10.9. The van der Waals surface area contributed by atoms with E-state index in [1.165, 1.54) is 0 Å². The maximum Gasteiger partial charge on any atom is 0.241 e. The summed E-state index contributed by atoms with van der Waals surface area (Å²) in [7, 11) is 1.61. The Morgan fingerprint density at radius 2 is 2.00 bits per heavy atom. The Bertz CT molecular complexity index is 427. The normalized spacial score (nSPS) is 20.9. The van der Waals surface area contributed by atoms with Gasteiger partial charge in [0.05, 0.1) is 12.7 Å². The summed E-state index contributed by atoms with van der Waals surface area (Å²) in [4.78, 5) is 16.1. The second-order valence-corrected chi connectivity index (χ2v) is 7.48. The molecule has 0 radical (unpaired) electrons. The molecule has 0 aromatic rings. The van der Waals surface area contributed by atoms with Crippen LogP contribution in [0.1, 0.15) is 40.5 Å². The lowest BCUT2D eigenvalue weighted by Gasteiger charge is -2.40. The third-order valence-electron chi connectivity index (χ3n) is 4.18. The van der Waals surface area contributed by atoms with E-state index in [1.807, 2.05) is 6.92 Å². The average molecular weight is 484 g/mol. The van der Waals surface area contributed by atoms with Crippen LogP contribution in [0.2, 0.25) is 0 Å². The van der Waals surface area contributed by atoms with Crippen LogP contribution in [0, 0.1) is 11.3 Å². The highest BCUT2D eigenvalue weighted by Gasteiger charge is 2.35. The molecule has 1 heterocycles. The first-order valence-corrected chi connectivity index (χ1v) is 9.28. The molecule has 1 aliphatic heterocycles. The lowest BCUT2D eigenvalue weighted by Crippen LogP contribution is -2.47. The number of carbonyl (C=O) groups is 1. The Balaban J connectivity index is 0.00000625. The Morgan fingerprint density at radius 3 is 2.62 bits per heavy atom. The number of hydrogen-bond donors (Lipinski definition) is 3. The molecule has 0 saturated carbocycles. The second-order valence-electron chi connectivity index (χ2n) is 7.48. The van der Waals surface area contributed by atoms with E-state index in [0.717, 1.165) is 32.5 Å². The monoisotopic (exact) mass is 484 g/mol. The van der Waals surface area contributed by atoms with Gasteiger partial charge in [-0.3, -0.25) is 4.79 Å². The quantitative estimate of drug-likeness (QED) is 0.212. The molecule has 1 fully saturated rings. The Kier molecular flexibility index (Phi) is 13.2. The largest absolute Gasteiger partial charge is 0.383 e. The minimum absolute atomic E-state index is 0. The summed E-state index contributed by atoms with van der Waals surface area (Å²) >= 11 is 0. The molecular formula is C18H37IN4O3. The van der Waals surface area contributed by atoms with E-state index in [0.29, 0.717) is 25.0 Å². The number of methoxy groups -OCH3 is 1. The van der Waals surface area contributed by atoms with Crippen molar-refractivity contribution < 1.29 is 14.3 Å². The van der Waals surface area contributed by atoms with Crippen molar-refractivity contribution in [3.8, 4) is 0 Å². The number of halogens is 1. The van der Waals surface area contributed by atoms with Gasteiger partial charge in [-0.25, -0.2) is 4.99 Å². The van der Waals surface area contributed by atoms with Crippen molar-refractivity contribution in [3.63, 3.8) is 0 Å². The summed E-state index contributed by atoms with van der Waals surface area (Å²) in [6.07, 6.45) is 2.47. The third kappa shape index (κ3) is 9.91. The summed E-state index contributed by atoms with van der Waals surface area (Å²) in [5.74, 6) is 0.999. The zero-order chi connectivity index (χ0) is 18.7. The van der Waals surface area contributed by atoms with Crippen molar-refractivity contribution in [2.24, 2.45) is 16.3 Å². The highest BCUT2D eigenvalue weighted by Crippen LogP contribution is 2.33. The van der Waals surface area contributed by atoms with Crippen LogP contribution in [0.15, 0.2) is 4.99 Å². The summed E-state index contributed by atoms with van der Waals surface area (Å²) in [5.41, 5.74) is 0.115. The summed E-state index contributed by atoms with van der Waals surface area (Å²) in [5, 5.41) is 9.33. The fourth-order valence-electron chi connectivity index (χ4n) is 3.08. The molecule has 0 spiro atoms. The molecule has 0 aromatic heterocycles. The zero-order valence-corrected chi connectivity index (χ0v) is 19.2. The minimum atomic E-state index is -0.108. The molecule has 7 nitrogen and oxygen atoms in total. The van der Waals surface area contributed by atoms with Crippen LogP contribution in [0.3, 0.4) is 0 Å². The first kappa shape index (κ1) is 25.4. The van der Waals surface area contributed by atoms with Crippen LogP contribution in [-0.2, 0) is 14.3 Å². The van der Waals surface area contributed by atoms with Gasteiger partial charge < -0.3 is 25.4 Å². The van der Waals surface area contributed by atoms with Gasteiger partial charge in [-0.2, -0.15) is 0 Å². The molecule has 2 unspecified atom stereocenters. The number of nitrogens with zero attached hydrogens (tertiary/aromatic N) is 1. The molecule has 1 saturated heterocycles. The van der Waals surface area contributed by atoms with Crippen molar-refractivity contribution in [1.29, 1.82) is 0 Å². The number of hydrogen-bond acceptors (Lipinski definition) is 4. The molecule has 1 aliphatic rings. The number of ether oxygens (including phenoxy) is 2. The molecule has 2 atom stereocenters. The van der Waals surface area contributed by atoms with Crippen LogP contribution >= 0.6 is 24.0 Å². The average Bonchev–Trinajstić information content (AvgIpc) is 2.57. The second kappa shape index (κ2) is 13.5. The number of aliphatic imine (C=N–C) groups is 1. The molecule has 1 amide bonds. The Morgan fingerprint density at radius 1 is 1.27 bits per heavy atom. The Labute approximate surface area is 175 Å². The van der Waals surface area contributed by atoms with Gasteiger partial charge in [0.25, 0.3) is 0 Å². The smallest absolute Gasteiger partial charge is 0.241 e. The third-order valence-corrected chi connectivity index (χ3v) is 4.18. The van der Waals surface area contributed by atoms with Gasteiger partial charge in [0.2, 0.25) is 5.91 Å². The van der Waals surface area contributed by atoms with Gasteiger partial charge >= 0.3 is 0 Å². The number of amides is 1. The number of nitrogens with one attached hydrogen (secondary N) is 3. The van der Waals surface area contributed by atoms with E-state index in [2.05, 4.69) is 41.7 Å². The Hall–Kier alpha value is -0.610. The molecule has 26 heavy (non-hydrogen) atoms. The molecule has 0 bridgehead atoms. The van der Waals surface area contributed by atoms with Crippen LogP contribution in [-0.4, -0.2) is 64.5 Å². The topological polar surface area (TPSA) is 84.0 Å². The highest BCUT2D eigenvalue weighted by atomic mass is 127. The van der Waals surface area contributed by atoms with Gasteiger partial charge in [0, 0.05) is 39.3 Å². The fraction of sp³-hybridized carbons (Fsp3) is 0.889. The SMILES string of the molecule is CCNC(=NCC(=O)NCCOC)NCC1CCCOC1C(C)(C)C.I. The molecule has 154 valence electrons. The fourth-order valence-corrected chi connectivity index (χ4v) is 3.08. The molecule has 3 N–H and O–H groups in total. The maximum absolute atomic E-state index is 11.8. The minimum Gasteiger partial charge on any atom is -0.383 e. The van der Waals surface area contributed by atoms with Crippen LogP contribution < -0.4 is 16.0 Å². The predicted molar refractivity (Wildman–Crippen MR) is 116 cm³/mol. The molecule has 8 heteroatoms. The highest BCUT2D eigenvalue weighted by molar-refractivity contribution is 14.0. The van der Waals surface area contributed by atoms with E-state index in [9.17, 15) is 4.79 Å². The van der Waals surface area contributed by atoms with Crippen LogP contribution in [0.25, 0.3) is 0 Å². The number of guanidine groups is 1. The van der Waals surface area contributed by atoms with Crippen molar-refractivity contribution in [2.45, 2.75) is 46.6 Å². The standard InChI is InChI=1S/C18H36N4O3.HI/c1-6-19-17(22-13-15(23)20-9-11-24-5)21-12-14-8-7-10-25-16(14)18(2,3)4;/h14,16H,6-13H2,1-5H3,(H,20,23)(H2,19,21,22);1H. The van der Waals surface area contributed by atoms with Gasteiger partial charge in [0.15, 0.2) is 5.96 Å².